The second kappa shape index (κ2) is 6.65. The molecule has 1 aliphatic heterocycles. The molecule has 0 aromatic heterocycles. The molecule has 1 aromatic rings. The van der Waals surface area contributed by atoms with E-state index in [0.717, 1.165) is 45.2 Å². The number of halogens is 1. The Morgan fingerprint density at radius 3 is 2.73 bits per heavy atom. The first-order chi connectivity index (χ1) is 10.7. The standard InChI is InChI=1S/C17H24FN3O/c18-14-10-12(6-7-16(14)21-8-1-2-9-21)17(22)20-15-5-3-4-13(15)11-19/h6-7,10,13,15H,1-5,8-9,11,19H2,(H,20,22)/t13-,15-/m0/s1. The first-order valence-electron chi connectivity index (χ1n) is 8.24. The van der Waals surface area contributed by atoms with Gasteiger partial charge in [0, 0.05) is 24.7 Å². The van der Waals surface area contributed by atoms with Crippen LogP contribution in [0.3, 0.4) is 0 Å². The average molecular weight is 305 g/mol. The van der Waals surface area contributed by atoms with E-state index in [1.165, 1.54) is 6.07 Å². The first-order valence-corrected chi connectivity index (χ1v) is 8.24. The summed E-state index contributed by atoms with van der Waals surface area (Å²) in [6, 6.07) is 4.93. The van der Waals surface area contributed by atoms with Gasteiger partial charge in [-0.15, -0.1) is 0 Å². The summed E-state index contributed by atoms with van der Waals surface area (Å²) < 4.78 is 14.3. The molecular formula is C17H24FN3O. The van der Waals surface area contributed by atoms with Gasteiger partial charge in [0.2, 0.25) is 0 Å². The highest BCUT2D eigenvalue weighted by Crippen LogP contribution is 2.26. The fourth-order valence-electron chi connectivity index (χ4n) is 3.62. The van der Waals surface area contributed by atoms with Crippen molar-refractivity contribution in [3.05, 3.63) is 29.6 Å². The van der Waals surface area contributed by atoms with Gasteiger partial charge in [-0.25, -0.2) is 4.39 Å². The van der Waals surface area contributed by atoms with Crippen molar-refractivity contribution < 1.29 is 9.18 Å². The lowest BCUT2D eigenvalue weighted by atomic mass is 10.0. The van der Waals surface area contributed by atoms with Gasteiger partial charge in [-0.2, -0.15) is 0 Å². The Kier molecular flexibility index (Phi) is 4.62. The van der Waals surface area contributed by atoms with Gasteiger partial charge in [0.15, 0.2) is 0 Å². The Bertz CT molecular complexity index is 543. The van der Waals surface area contributed by atoms with Crippen LogP contribution in [0.1, 0.15) is 42.5 Å². The summed E-state index contributed by atoms with van der Waals surface area (Å²) >= 11 is 0. The number of anilines is 1. The monoisotopic (exact) mass is 305 g/mol. The number of nitrogens with zero attached hydrogens (tertiary/aromatic N) is 1. The molecule has 120 valence electrons. The maximum absolute atomic E-state index is 14.3. The van der Waals surface area contributed by atoms with Gasteiger partial charge in [-0.1, -0.05) is 6.42 Å². The number of carbonyl (C=O) groups excluding carboxylic acids is 1. The highest BCUT2D eigenvalue weighted by atomic mass is 19.1. The van der Waals surface area contributed by atoms with Crippen molar-refractivity contribution in [2.75, 3.05) is 24.5 Å². The van der Waals surface area contributed by atoms with E-state index in [-0.39, 0.29) is 17.8 Å². The number of benzene rings is 1. The Hall–Kier alpha value is -1.62. The van der Waals surface area contributed by atoms with Crippen LogP contribution < -0.4 is 16.0 Å². The number of hydrogen-bond donors (Lipinski definition) is 2. The Morgan fingerprint density at radius 2 is 2.05 bits per heavy atom. The fraction of sp³-hybridized carbons (Fsp3) is 0.588. The fourth-order valence-corrected chi connectivity index (χ4v) is 3.62. The summed E-state index contributed by atoms with van der Waals surface area (Å²) in [5, 5.41) is 3.01. The van der Waals surface area contributed by atoms with E-state index in [1.54, 1.807) is 12.1 Å². The van der Waals surface area contributed by atoms with Gasteiger partial charge in [-0.05, 0) is 56.3 Å². The van der Waals surface area contributed by atoms with Gasteiger partial charge in [0.05, 0.1) is 5.69 Å². The molecule has 0 bridgehead atoms. The van der Waals surface area contributed by atoms with Crippen molar-refractivity contribution in [1.29, 1.82) is 0 Å². The predicted molar refractivity (Wildman–Crippen MR) is 85.5 cm³/mol. The van der Waals surface area contributed by atoms with Gasteiger partial charge in [0.25, 0.3) is 5.91 Å². The van der Waals surface area contributed by atoms with E-state index in [9.17, 15) is 9.18 Å². The van der Waals surface area contributed by atoms with Crippen molar-refractivity contribution >= 4 is 11.6 Å². The van der Waals surface area contributed by atoms with Crippen LogP contribution >= 0.6 is 0 Å². The lowest BCUT2D eigenvalue weighted by molar-refractivity contribution is 0.0928. The van der Waals surface area contributed by atoms with E-state index in [1.807, 2.05) is 4.90 Å². The van der Waals surface area contributed by atoms with Crippen molar-refractivity contribution in [1.82, 2.24) is 5.32 Å². The van der Waals surface area contributed by atoms with Gasteiger partial charge < -0.3 is 16.0 Å². The van der Waals surface area contributed by atoms with E-state index in [0.29, 0.717) is 23.7 Å². The second-order valence-corrected chi connectivity index (χ2v) is 6.37. The zero-order chi connectivity index (χ0) is 15.5. The molecule has 1 heterocycles. The average Bonchev–Trinajstić information content (AvgIpc) is 3.18. The molecule has 2 fully saturated rings. The number of rotatable bonds is 4. The molecule has 1 amide bonds. The van der Waals surface area contributed by atoms with Crippen LogP contribution in [-0.4, -0.2) is 31.6 Å². The SMILES string of the molecule is NC[C@@H]1CCC[C@@H]1NC(=O)c1ccc(N2CCCC2)c(F)c1. The molecule has 5 heteroatoms. The Labute approximate surface area is 130 Å². The van der Waals surface area contributed by atoms with E-state index in [4.69, 9.17) is 5.73 Å². The molecule has 1 saturated heterocycles. The third-order valence-electron chi connectivity index (χ3n) is 4.93. The molecule has 1 aliphatic carbocycles. The van der Waals surface area contributed by atoms with Crippen LogP contribution in [0, 0.1) is 11.7 Å². The van der Waals surface area contributed by atoms with E-state index in [2.05, 4.69) is 5.32 Å². The molecule has 3 N–H and O–H groups in total. The minimum Gasteiger partial charge on any atom is -0.369 e. The number of nitrogens with two attached hydrogens (primary N) is 1. The summed E-state index contributed by atoms with van der Waals surface area (Å²) in [6.07, 6.45) is 5.31. The van der Waals surface area contributed by atoms with Crippen LogP contribution in [0.4, 0.5) is 10.1 Å². The molecule has 22 heavy (non-hydrogen) atoms. The number of amides is 1. The van der Waals surface area contributed by atoms with Gasteiger partial charge in [0.1, 0.15) is 5.82 Å². The van der Waals surface area contributed by atoms with Gasteiger partial charge in [-0.3, -0.25) is 4.79 Å². The number of hydrogen-bond acceptors (Lipinski definition) is 3. The maximum Gasteiger partial charge on any atom is 0.251 e. The number of nitrogens with one attached hydrogen (secondary N) is 1. The minimum atomic E-state index is -0.309. The lowest BCUT2D eigenvalue weighted by Gasteiger charge is -2.21. The molecule has 0 unspecified atom stereocenters. The molecule has 1 aromatic carbocycles. The smallest absolute Gasteiger partial charge is 0.251 e. The van der Waals surface area contributed by atoms with Crippen LogP contribution in [0.5, 0.6) is 0 Å². The second-order valence-electron chi connectivity index (χ2n) is 6.37. The highest BCUT2D eigenvalue weighted by molar-refractivity contribution is 5.94. The minimum absolute atomic E-state index is 0.124. The molecule has 2 aliphatic rings. The van der Waals surface area contributed by atoms with Crippen LogP contribution in [-0.2, 0) is 0 Å². The topological polar surface area (TPSA) is 58.4 Å². The summed E-state index contributed by atoms with van der Waals surface area (Å²) in [6.45, 7) is 2.37. The maximum atomic E-state index is 14.3. The van der Waals surface area contributed by atoms with Crippen LogP contribution in [0.25, 0.3) is 0 Å². The number of carbonyl (C=O) groups is 1. The van der Waals surface area contributed by atoms with Gasteiger partial charge >= 0.3 is 0 Å². The normalized spacial score (nSPS) is 24.7. The zero-order valence-electron chi connectivity index (χ0n) is 12.9. The summed E-state index contributed by atoms with van der Waals surface area (Å²) in [4.78, 5) is 14.4. The zero-order valence-corrected chi connectivity index (χ0v) is 12.9. The Balaban J connectivity index is 1.69. The first kappa shape index (κ1) is 15.3. The van der Waals surface area contributed by atoms with E-state index >= 15 is 0 Å². The quantitative estimate of drug-likeness (QED) is 0.897. The molecule has 4 nitrogen and oxygen atoms in total. The van der Waals surface area contributed by atoms with Crippen LogP contribution in [0.15, 0.2) is 18.2 Å². The van der Waals surface area contributed by atoms with Crippen molar-refractivity contribution in [2.45, 2.75) is 38.1 Å². The third kappa shape index (κ3) is 3.09. The Morgan fingerprint density at radius 1 is 1.27 bits per heavy atom. The van der Waals surface area contributed by atoms with E-state index < -0.39 is 0 Å². The largest absolute Gasteiger partial charge is 0.369 e. The van der Waals surface area contributed by atoms with Crippen LogP contribution in [0.2, 0.25) is 0 Å². The lowest BCUT2D eigenvalue weighted by Crippen LogP contribution is -2.39. The van der Waals surface area contributed by atoms with Crippen molar-refractivity contribution in [3.8, 4) is 0 Å². The highest BCUT2D eigenvalue weighted by Gasteiger charge is 2.28. The molecule has 1 saturated carbocycles. The van der Waals surface area contributed by atoms with Crippen molar-refractivity contribution in [2.24, 2.45) is 11.7 Å². The third-order valence-corrected chi connectivity index (χ3v) is 4.93. The molecule has 2 atom stereocenters. The molecule has 3 rings (SSSR count). The van der Waals surface area contributed by atoms with Crippen molar-refractivity contribution in [3.63, 3.8) is 0 Å². The summed E-state index contributed by atoms with van der Waals surface area (Å²) in [5.74, 6) is -0.161. The summed E-state index contributed by atoms with van der Waals surface area (Å²) in [5.41, 5.74) is 6.73. The molecule has 0 radical (unpaired) electrons. The molecule has 0 spiro atoms. The summed E-state index contributed by atoms with van der Waals surface area (Å²) in [7, 11) is 0. The predicted octanol–water partition coefficient (Wildman–Crippen LogP) is 2.28. The molecular weight excluding hydrogens is 281 g/mol.